The molecule has 12 heteroatoms. The highest BCUT2D eigenvalue weighted by atomic mass is 19.1. The minimum atomic E-state index is -1.06. The zero-order chi connectivity index (χ0) is 31.2. The van der Waals surface area contributed by atoms with Crippen molar-refractivity contribution in [2.24, 2.45) is 0 Å². The van der Waals surface area contributed by atoms with Crippen molar-refractivity contribution in [3.05, 3.63) is 99.7 Å². The summed E-state index contributed by atoms with van der Waals surface area (Å²) in [6, 6.07) is 11.5. The summed E-state index contributed by atoms with van der Waals surface area (Å²) in [5.74, 6) is -1.93. The number of anilines is 1. The van der Waals surface area contributed by atoms with Crippen LogP contribution in [0.4, 0.5) is 14.5 Å². The minimum absolute atomic E-state index is 0.145. The fourth-order valence-corrected chi connectivity index (χ4v) is 5.32. The van der Waals surface area contributed by atoms with Gasteiger partial charge in [0.1, 0.15) is 24.5 Å². The molecule has 5 aromatic rings. The highest BCUT2D eigenvalue weighted by Gasteiger charge is 2.30. The topological polar surface area (TPSA) is 114 Å². The van der Waals surface area contributed by atoms with Crippen molar-refractivity contribution in [3.63, 3.8) is 0 Å². The number of ether oxygens (including phenoxy) is 4. The third kappa shape index (κ3) is 5.28. The Morgan fingerprint density at radius 3 is 2.42 bits per heavy atom. The molecule has 7 rings (SSSR count). The Hall–Kier alpha value is -5.52. The van der Waals surface area contributed by atoms with Gasteiger partial charge in [-0.25, -0.2) is 13.8 Å². The third-order valence-corrected chi connectivity index (χ3v) is 7.69. The average molecular weight is 613 g/mol. The van der Waals surface area contributed by atoms with Crippen LogP contribution in [0.1, 0.15) is 40.4 Å². The summed E-state index contributed by atoms with van der Waals surface area (Å²) < 4.78 is 54.1. The van der Waals surface area contributed by atoms with Crippen molar-refractivity contribution in [1.82, 2.24) is 14.5 Å². The highest BCUT2D eigenvalue weighted by molar-refractivity contribution is 6.04. The first kappa shape index (κ1) is 28.3. The molecule has 1 amide bonds. The first-order chi connectivity index (χ1) is 21.8. The second-order valence-corrected chi connectivity index (χ2v) is 10.7. The Labute approximate surface area is 255 Å². The summed E-state index contributed by atoms with van der Waals surface area (Å²) >= 11 is 0. The van der Waals surface area contributed by atoms with Gasteiger partial charge in [-0.15, -0.1) is 0 Å². The zero-order valence-corrected chi connectivity index (χ0v) is 24.2. The number of hydrogen-bond acceptors (Lipinski definition) is 8. The van der Waals surface area contributed by atoms with Crippen LogP contribution in [0.3, 0.4) is 0 Å². The van der Waals surface area contributed by atoms with Crippen LogP contribution in [-0.2, 0) is 0 Å². The summed E-state index contributed by atoms with van der Waals surface area (Å²) in [6.45, 7) is 2.58. The molecular formula is C33H26F2N4O6. The molecule has 1 saturated carbocycles. The van der Waals surface area contributed by atoms with Crippen molar-refractivity contribution >= 4 is 22.5 Å². The average Bonchev–Trinajstić information content (AvgIpc) is 3.87. The Morgan fingerprint density at radius 1 is 1.00 bits per heavy atom. The van der Waals surface area contributed by atoms with Gasteiger partial charge in [-0.1, -0.05) is 0 Å². The van der Waals surface area contributed by atoms with Crippen molar-refractivity contribution in [1.29, 1.82) is 0 Å². The van der Waals surface area contributed by atoms with Crippen molar-refractivity contribution < 1.29 is 32.5 Å². The smallest absolute Gasteiger partial charge is 0.268 e. The molecular weight excluding hydrogens is 586 g/mol. The Balaban J connectivity index is 1.18. The number of carbonyl (C=O) groups excluding carboxylic acids is 1. The number of halogens is 2. The van der Waals surface area contributed by atoms with Crippen LogP contribution in [0.5, 0.6) is 28.9 Å². The van der Waals surface area contributed by atoms with Gasteiger partial charge < -0.3 is 24.3 Å². The molecule has 1 aliphatic heterocycles. The number of pyridine rings is 3. The Bertz CT molecular complexity index is 2040. The summed E-state index contributed by atoms with van der Waals surface area (Å²) in [6.07, 6.45) is 4.80. The predicted octanol–water partition coefficient (Wildman–Crippen LogP) is 6.07. The number of nitrogens with one attached hydrogen (secondary N) is 1. The fourth-order valence-electron chi connectivity index (χ4n) is 5.32. The largest absolute Gasteiger partial charge is 0.486 e. The third-order valence-electron chi connectivity index (χ3n) is 7.69. The van der Waals surface area contributed by atoms with E-state index in [-0.39, 0.29) is 22.9 Å². The number of nitrogens with zero attached hydrogens (tertiary/aromatic N) is 3. The minimum Gasteiger partial charge on any atom is -0.486 e. The zero-order valence-electron chi connectivity index (χ0n) is 24.2. The molecule has 0 radical (unpaired) electrons. The van der Waals surface area contributed by atoms with Crippen LogP contribution < -0.4 is 29.8 Å². The van der Waals surface area contributed by atoms with E-state index in [0.29, 0.717) is 47.2 Å². The van der Waals surface area contributed by atoms with Crippen LogP contribution in [0.25, 0.3) is 16.6 Å². The Kier molecular flexibility index (Phi) is 7.03. The number of fused-ring (bicyclic) bond motifs is 2. The second-order valence-electron chi connectivity index (χ2n) is 10.7. The lowest BCUT2D eigenvalue weighted by molar-refractivity contribution is 0.102. The molecule has 0 bridgehead atoms. The number of aromatic nitrogens is 3. The van der Waals surface area contributed by atoms with Crippen LogP contribution in [0, 0.1) is 18.6 Å². The van der Waals surface area contributed by atoms with Gasteiger partial charge in [-0.2, -0.15) is 0 Å². The molecule has 0 spiro atoms. The van der Waals surface area contributed by atoms with Gasteiger partial charge in [0.2, 0.25) is 5.88 Å². The molecule has 4 heterocycles. The predicted molar refractivity (Wildman–Crippen MR) is 160 cm³/mol. The van der Waals surface area contributed by atoms with Crippen molar-refractivity contribution in [2.75, 3.05) is 25.6 Å². The lowest BCUT2D eigenvalue weighted by Crippen LogP contribution is -2.30. The number of carbonyl (C=O) groups is 1. The number of amides is 1. The molecule has 0 unspecified atom stereocenters. The second kappa shape index (κ2) is 11.2. The van der Waals surface area contributed by atoms with Gasteiger partial charge in [0, 0.05) is 47.2 Å². The molecule has 2 aromatic carbocycles. The number of hydrogen-bond donors (Lipinski definition) is 1. The van der Waals surface area contributed by atoms with E-state index in [1.165, 1.54) is 36.2 Å². The molecule has 1 aliphatic carbocycles. The molecule has 0 saturated heterocycles. The molecule has 10 nitrogen and oxygen atoms in total. The van der Waals surface area contributed by atoms with Gasteiger partial charge in [0.05, 0.1) is 24.5 Å². The van der Waals surface area contributed by atoms with Crippen LogP contribution >= 0.6 is 0 Å². The van der Waals surface area contributed by atoms with Crippen LogP contribution in [0.2, 0.25) is 0 Å². The first-order valence-corrected chi connectivity index (χ1v) is 14.2. The lowest BCUT2D eigenvalue weighted by atomic mass is 10.1. The maximum absolute atomic E-state index is 15.3. The molecule has 228 valence electrons. The first-order valence-electron chi connectivity index (χ1n) is 14.2. The summed E-state index contributed by atoms with van der Waals surface area (Å²) in [5, 5.41) is 2.91. The van der Waals surface area contributed by atoms with Gasteiger partial charge in [-0.3, -0.25) is 19.1 Å². The van der Waals surface area contributed by atoms with E-state index in [1.807, 2.05) is 6.92 Å². The van der Waals surface area contributed by atoms with E-state index in [1.54, 1.807) is 24.3 Å². The number of aryl methyl sites for hydroxylation is 1. The lowest BCUT2D eigenvalue weighted by Gasteiger charge is -2.19. The quantitative estimate of drug-likeness (QED) is 0.236. The molecule has 1 fully saturated rings. The standard InChI is InChI=1S/C33H26F2N4O6/c1-17-11-30(42-2)37-16-26(17)39-25(18-3-4-18)6-5-20(33(39)41)32(40)38-19-12-22(34)31(23(35)13-19)45-27-7-8-36-24-15-29-28(14-21(24)27)43-9-10-44-29/h5-8,11-16,18H,3-4,9-10H2,1-2H3,(H,38,40). The highest BCUT2D eigenvalue weighted by Crippen LogP contribution is 2.41. The SMILES string of the molecule is COc1cc(C)c(-n2c(C3CC3)ccc(C(=O)Nc3cc(F)c(Oc4ccnc5cc6c(cc45)OCCO6)c(F)c3)c2=O)cn1. The van der Waals surface area contributed by atoms with Gasteiger partial charge in [0.15, 0.2) is 28.9 Å². The molecule has 0 atom stereocenters. The van der Waals surface area contributed by atoms with E-state index < -0.39 is 28.9 Å². The van der Waals surface area contributed by atoms with E-state index in [2.05, 4.69) is 15.3 Å². The number of methoxy groups -OCH3 is 1. The van der Waals surface area contributed by atoms with Crippen LogP contribution in [0.15, 0.2) is 65.7 Å². The van der Waals surface area contributed by atoms with E-state index >= 15 is 8.78 Å². The summed E-state index contributed by atoms with van der Waals surface area (Å²) in [4.78, 5) is 35.5. The summed E-state index contributed by atoms with van der Waals surface area (Å²) in [5.41, 5.74) is 1.52. The maximum atomic E-state index is 15.3. The summed E-state index contributed by atoms with van der Waals surface area (Å²) in [7, 11) is 1.50. The van der Waals surface area contributed by atoms with Crippen LogP contribution in [-0.4, -0.2) is 40.8 Å². The maximum Gasteiger partial charge on any atom is 0.268 e. The van der Waals surface area contributed by atoms with Crippen molar-refractivity contribution in [3.8, 4) is 34.6 Å². The fraction of sp³-hybridized carbons (Fsp3) is 0.212. The van der Waals surface area contributed by atoms with E-state index in [9.17, 15) is 9.59 Å². The van der Waals surface area contributed by atoms with Gasteiger partial charge in [-0.05, 0) is 55.5 Å². The van der Waals surface area contributed by atoms with E-state index in [4.69, 9.17) is 18.9 Å². The number of benzene rings is 2. The monoisotopic (exact) mass is 612 g/mol. The molecule has 2 aliphatic rings. The molecule has 1 N–H and O–H groups in total. The van der Waals surface area contributed by atoms with Gasteiger partial charge >= 0.3 is 0 Å². The molecule has 45 heavy (non-hydrogen) atoms. The molecule has 3 aromatic heterocycles. The normalized spacial score (nSPS) is 13.9. The Morgan fingerprint density at radius 2 is 1.73 bits per heavy atom. The van der Waals surface area contributed by atoms with Gasteiger partial charge in [0.25, 0.3) is 11.5 Å². The van der Waals surface area contributed by atoms with Crippen molar-refractivity contribution in [2.45, 2.75) is 25.7 Å². The van der Waals surface area contributed by atoms with E-state index in [0.717, 1.165) is 36.2 Å². The number of rotatable bonds is 7.